The van der Waals surface area contributed by atoms with Gasteiger partial charge >= 0.3 is 6.03 Å². The molecule has 0 aliphatic carbocycles. The normalized spacial score (nSPS) is 11.8. The molecule has 1 atom stereocenters. The quantitative estimate of drug-likeness (QED) is 0.762. The molecule has 0 spiro atoms. The molecule has 3 aromatic rings. The zero-order valence-electron chi connectivity index (χ0n) is 12.8. The van der Waals surface area contributed by atoms with E-state index in [2.05, 4.69) is 25.7 Å². The molecule has 0 unspecified atom stereocenters. The molecular formula is C16H15ClN6O. The summed E-state index contributed by atoms with van der Waals surface area (Å²) in [7, 11) is 0. The van der Waals surface area contributed by atoms with Crippen LogP contribution in [0.1, 0.15) is 18.5 Å². The van der Waals surface area contributed by atoms with Gasteiger partial charge < -0.3 is 10.6 Å². The number of carbonyl (C=O) groups is 1. The van der Waals surface area contributed by atoms with Crippen LogP contribution in [0.15, 0.2) is 55.1 Å². The molecule has 2 heterocycles. The van der Waals surface area contributed by atoms with Gasteiger partial charge in [0.15, 0.2) is 0 Å². The molecular weight excluding hydrogens is 328 g/mol. The average molecular weight is 343 g/mol. The summed E-state index contributed by atoms with van der Waals surface area (Å²) in [5, 5.41) is 10.4. The first kappa shape index (κ1) is 15.9. The van der Waals surface area contributed by atoms with Crippen LogP contribution in [0.5, 0.6) is 0 Å². The second-order valence-corrected chi connectivity index (χ2v) is 5.53. The Hall–Kier alpha value is -2.93. The number of halogens is 1. The predicted octanol–water partition coefficient (Wildman–Crippen LogP) is 3.20. The van der Waals surface area contributed by atoms with Crippen molar-refractivity contribution < 1.29 is 4.79 Å². The van der Waals surface area contributed by atoms with Crippen molar-refractivity contribution in [2.45, 2.75) is 13.0 Å². The topological polar surface area (TPSA) is 84.7 Å². The summed E-state index contributed by atoms with van der Waals surface area (Å²) in [6.07, 6.45) is 6.42. The minimum atomic E-state index is -0.328. The van der Waals surface area contributed by atoms with Crippen molar-refractivity contribution in [3.05, 3.63) is 65.7 Å². The zero-order valence-corrected chi connectivity index (χ0v) is 13.6. The van der Waals surface area contributed by atoms with E-state index in [4.69, 9.17) is 11.6 Å². The summed E-state index contributed by atoms with van der Waals surface area (Å²) >= 11 is 5.86. The smallest absolute Gasteiger partial charge is 0.319 e. The lowest BCUT2D eigenvalue weighted by molar-refractivity contribution is 0.249. The van der Waals surface area contributed by atoms with E-state index in [-0.39, 0.29) is 12.1 Å². The number of anilines is 1. The van der Waals surface area contributed by atoms with Gasteiger partial charge in [-0.25, -0.2) is 19.4 Å². The number of nitrogens with zero attached hydrogens (tertiary/aromatic N) is 4. The number of nitrogens with one attached hydrogen (secondary N) is 2. The number of urea groups is 1. The van der Waals surface area contributed by atoms with Crippen LogP contribution >= 0.6 is 11.6 Å². The highest BCUT2D eigenvalue weighted by Crippen LogP contribution is 2.16. The lowest BCUT2D eigenvalue weighted by atomic mass is 10.1. The average Bonchev–Trinajstić information content (AvgIpc) is 3.04. The second kappa shape index (κ2) is 7.10. The van der Waals surface area contributed by atoms with E-state index < -0.39 is 0 Å². The maximum Gasteiger partial charge on any atom is 0.319 e. The van der Waals surface area contributed by atoms with E-state index >= 15 is 0 Å². The van der Waals surface area contributed by atoms with Crippen LogP contribution in [-0.2, 0) is 0 Å². The first-order chi connectivity index (χ1) is 11.6. The third-order valence-corrected chi connectivity index (χ3v) is 3.57. The maximum absolute atomic E-state index is 12.1. The molecule has 0 radical (unpaired) electrons. The van der Waals surface area contributed by atoms with Gasteiger partial charge in [-0.3, -0.25) is 0 Å². The molecule has 0 aliphatic rings. The molecule has 0 aliphatic heterocycles. The summed E-state index contributed by atoms with van der Waals surface area (Å²) in [4.78, 5) is 20.3. The Bertz CT molecular complexity index is 818. The van der Waals surface area contributed by atoms with E-state index in [1.54, 1.807) is 36.8 Å². The fraction of sp³-hybridized carbons (Fsp3) is 0.125. The Morgan fingerprint density at radius 1 is 1.21 bits per heavy atom. The third kappa shape index (κ3) is 3.88. The van der Waals surface area contributed by atoms with E-state index in [9.17, 15) is 4.79 Å². The van der Waals surface area contributed by atoms with Gasteiger partial charge in [-0.1, -0.05) is 23.7 Å². The van der Waals surface area contributed by atoms with Crippen molar-refractivity contribution in [3.63, 3.8) is 0 Å². The highest BCUT2D eigenvalue weighted by Gasteiger charge is 2.11. The molecule has 0 saturated heterocycles. The number of amides is 2. The van der Waals surface area contributed by atoms with Gasteiger partial charge in [-0.15, -0.1) is 0 Å². The number of benzene rings is 1. The molecule has 0 saturated carbocycles. The second-order valence-electron chi connectivity index (χ2n) is 5.09. The summed E-state index contributed by atoms with van der Waals surface area (Å²) in [6, 6.07) is 8.56. The Morgan fingerprint density at radius 3 is 2.62 bits per heavy atom. The monoisotopic (exact) mass is 342 g/mol. The number of rotatable bonds is 4. The molecule has 8 heteroatoms. The standard InChI is InChI=1S/C16H15ClN6O/c1-11(12-3-5-13(17)6-4-12)21-16(24)22-14-9-20-23(10-14)15-18-7-2-8-19-15/h2-11H,1H3,(H2,21,22,24)/t11-/m0/s1. The van der Waals surface area contributed by atoms with Crippen LogP contribution in [0.2, 0.25) is 5.02 Å². The molecule has 122 valence electrons. The molecule has 2 amide bonds. The van der Waals surface area contributed by atoms with Crippen molar-refractivity contribution >= 4 is 23.3 Å². The minimum Gasteiger partial charge on any atom is -0.331 e. The van der Waals surface area contributed by atoms with Crippen LogP contribution < -0.4 is 10.6 Å². The lowest BCUT2D eigenvalue weighted by Crippen LogP contribution is -2.31. The van der Waals surface area contributed by atoms with E-state index in [1.807, 2.05) is 19.1 Å². The van der Waals surface area contributed by atoms with Crippen LogP contribution in [-0.4, -0.2) is 25.8 Å². The highest BCUT2D eigenvalue weighted by atomic mass is 35.5. The molecule has 0 bridgehead atoms. The molecule has 24 heavy (non-hydrogen) atoms. The fourth-order valence-electron chi connectivity index (χ4n) is 2.10. The Kier molecular flexibility index (Phi) is 4.72. The Balaban J connectivity index is 1.61. The Morgan fingerprint density at radius 2 is 1.92 bits per heavy atom. The molecule has 2 aromatic heterocycles. The van der Waals surface area contributed by atoms with E-state index in [0.717, 1.165) is 5.56 Å². The number of aromatic nitrogens is 4. The molecule has 1 aromatic carbocycles. The minimum absolute atomic E-state index is 0.158. The van der Waals surface area contributed by atoms with E-state index in [1.165, 1.54) is 10.9 Å². The van der Waals surface area contributed by atoms with Crippen LogP contribution in [0.4, 0.5) is 10.5 Å². The molecule has 2 N–H and O–H groups in total. The van der Waals surface area contributed by atoms with Crippen molar-refractivity contribution in [1.82, 2.24) is 25.1 Å². The van der Waals surface area contributed by atoms with Crippen molar-refractivity contribution in [1.29, 1.82) is 0 Å². The van der Waals surface area contributed by atoms with Crippen LogP contribution in [0.25, 0.3) is 5.95 Å². The van der Waals surface area contributed by atoms with Gasteiger partial charge in [0.25, 0.3) is 0 Å². The molecule has 3 rings (SSSR count). The number of hydrogen-bond acceptors (Lipinski definition) is 4. The molecule has 7 nitrogen and oxygen atoms in total. The number of carbonyl (C=O) groups excluding carboxylic acids is 1. The van der Waals surface area contributed by atoms with Gasteiger partial charge in [0.1, 0.15) is 0 Å². The fourth-order valence-corrected chi connectivity index (χ4v) is 2.23. The van der Waals surface area contributed by atoms with Gasteiger partial charge in [-0.2, -0.15) is 5.10 Å². The summed E-state index contributed by atoms with van der Waals surface area (Å²) < 4.78 is 1.48. The summed E-state index contributed by atoms with van der Waals surface area (Å²) in [6.45, 7) is 1.89. The number of hydrogen-bond donors (Lipinski definition) is 2. The third-order valence-electron chi connectivity index (χ3n) is 3.32. The van der Waals surface area contributed by atoms with Gasteiger partial charge in [0, 0.05) is 17.4 Å². The largest absolute Gasteiger partial charge is 0.331 e. The zero-order chi connectivity index (χ0) is 16.9. The van der Waals surface area contributed by atoms with Crippen LogP contribution in [0, 0.1) is 0 Å². The van der Waals surface area contributed by atoms with Crippen LogP contribution in [0.3, 0.4) is 0 Å². The Labute approximate surface area is 143 Å². The van der Waals surface area contributed by atoms with E-state index in [0.29, 0.717) is 16.7 Å². The maximum atomic E-state index is 12.1. The van der Waals surface area contributed by atoms with Gasteiger partial charge in [0.2, 0.25) is 5.95 Å². The molecule has 0 fully saturated rings. The van der Waals surface area contributed by atoms with Crippen molar-refractivity contribution in [2.75, 3.05) is 5.32 Å². The summed E-state index contributed by atoms with van der Waals surface area (Å²) in [5.41, 5.74) is 1.51. The lowest BCUT2D eigenvalue weighted by Gasteiger charge is -2.14. The SMILES string of the molecule is C[C@H](NC(=O)Nc1cnn(-c2ncccn2)c1)c1ccc(Cl)cc1. The predicted molar refractivity (Wildman–Crippen MR) is 91.2 cm³/mol. The van der Waals surface area contributed by atoms with Crippen molar-refractivity contribution in [2.24, 2.45) is 0 Å². The first-order valence-corrected chi connectivity index (χ1v) is 7.64. The first-order valence-electron chi connectivity index (χ1n) is 7.27. The van der Waals surface area contributed by atoms with Gasteiger partial charge in [-0.05, 0) is 30.7 Å². The highest BCUT2D eigenvalue weighted by molar-refractivity contribution is 6.30. The van der Waals surface area contributed by atoms with Gasteiger partial charge in [0.05, 0.1) is 24.1 Å². The summed E-state index contributed by atoms with van der Waals surface area (Å²) in [5.74, 6) is 0.431. The van der Waals surface area contributed by atoms with Crippen molar-refractivity contribution in [3.8, 4) is 5.95 Å².